The summed E-state index contributed by atoms with van der Waals surface area (Å²) >= 11 is 0. The quantitative estimate of drug-likeness (QED) is 0.627. The van der Waals surface area contributed by atoms with Crippen LogP contribution in [-0.4, -0.2) is 23.2 Å². The molecule has 1 aromatic carbocycles. The summed E-state index contributed by atoms with van der Waals surface area (Å²) in [4.78, 5) is 11.1. The van der Waals surface area contributed by atoms with E-state index in [0.717, 1.165) is 19.2 Å². The summed E-state index contributed by atoms with van der Waals surface area (Å²) in [6.07, 6.45) is -4.69. The van der Waals surface area contributed by atoms with E-state index in [1.165, 1.54) is 12.1 Å². The highest BCUT2D eigenvalue weighted by Gasteiger charge is 2.30. The summed E-state index contributed by atoms with van der Waals surface area (Å²) in [5, 5.41) is 9.12. The molecule has 6 heteroatoms. The van der Waals surface area contributed by atoms with Crippen LogP contribution in [0.25, 0.3) is 0 Å². The van der Waals surface area contributed by atoms with E-state index < -0.39 is 17.6 Å². The van der Waals surface area contributed by atoms with Gasteiger partial charge in [0.1, 0.15) is 0 Å². The molecule has 0 unspecified atom stereocenters. The lowest BCUT2D eigenvalue weighted by atomic mass is 10.1. The Balaban J connectivity index is 2.88. The number of amides is 1. The Labute approximate surface area is 90.1 Å². The van der Waals surface area contributed by atoms with Gasteiger partial charge in [-0.1, -0.05) is 18.2 Å². The number of rotatable bonds is 2. The number of benzene rings is 1. The Morgan fingerprint density at radius 3 is 2.56 bits per heavy atom. The number of halogens is 3. The number of alkyl halides is 3. The van der Waals surface area contributed by atoms with Crippen molar-refractivity contribution in [2.24, 2.45) is 0 Å². The first-order valence-corrected chi connectivity index (χ1v) is 4.42. The van der Waals surface area contributed by atoms with E-state index in [1.54, 1.807) is 0 Å². The van der Waals surface area contributed by atoms with Crippen molar-refractivity contribution in [3.8, 4) is 0 Å². The fourth-order valence-electron chi connectivity index (χ4n) is 1.15. The topological polar surface area (TPSA) is 40.5 Å². The van der Waals surface area contributed by atoms with Crippen molar-refractivity contribution in [2.45, 2.75) is 12.6 Å². The third kappa shape index (κ3) is 3.23. The van der Waals surface area contributed by atoms with E-state index in [0.29, 0.717) is 5.06 Å². The van der Waals surface area contributed by atoms with Crippen LogP contribution in [0.2, 0.25) is 0 Å². The Bertz CT molecular complexity index is 388. The van der Waals surface area contributed by atoms with E-state index in [9.17, 15) is 18.0 Å². The van der Waals surface area contributed by atoms with Crippen LogP contribution in [0.4, 0.5) is 13.2 Å². The molecule has 1 rings (SSSR count). The minimum absolute atomic E-state index is 0.209. The highest BCUT2D eigenvalue weighted by atomic mass is 19.4. The van der Waals surface area contributed by atoms with Crippen LogP contribution in [0.15, 0.2) is 24.3 Å². The van der Waals surface area contributed by atoms with Crippen molar-refractivity contribution in [2.75, 3.05) is 7.05 Å². The molecule has 0 aliphatic rings. The number of nitrogens with zero attached hydrogens (tertiary/aromatic N) is 1. The average Bonchev–Trinajstić information content (AvgIpc) is 2.16. The van der Waals surface area contributed by atoms with Crippen LogP contribution in [0.5, 0.6) is 0 Å². The molecule has 88 valence electrons. The first-order chi connectivity index (χ1) is 7.30. The molecule has 0 spiro atoms. The summed E-state index contributed by atoms with van der Waals surface area (Å²) in [6, 6.07) is 4.44. The van der Waals surface area contributed by atoms with Gasteiger partial charge in [-0.05, 0) is 11.6 Å². The van der Waals surface area contributed by atoms with Gasteiger partial charge in [-0.25, -0.2) is 5.06 Å². The van der Waals surface area contributed by atoms with E-state index in [1.807, 2.05) is 0 Å². The summed E-state index contributed by atoms with van der Waals surface area (Å²) in [5.41, 5.74) is -0.598. The maximum absolute atomic E-state index is 12.3. The zero-order chi connectivity index (χ0) is 12.3. The van der Waals surface area contributed by atoms with Crippen LogP contribution in [-0.2, 0) is 17.4 Å². The second kappa shape index (κ2) is 4.52. The molecule has 0 heterocycles. The van der Waals surface area contributed by atoms with Gasteiger partial charge in [0.15, 0.2) is 0 Å². The molecule has 0 aliphatic heterocycles. The number of carbonyl (C=O) groups is 1. The van der Waals surface area contributed by atoms with Crippen molar-refractivity contribution in [3.05, 3.63) is 35.4 Å². The predicted molar refractivity (Wildman–Crippen MR) is 49.7 cm³/mol. The van der Waals surface area contributed by atoms with Gasteiger partial charge in [0, 0.05) is 7.05 Å². The lowest BCUT2D eigenvalue weighted by Gasteiger charge is -2.10. The summed E-state index contributed by atoms with van der Waals surface area (Å²) in [6.45, 7) is 0. The van der Waals surface area contributed by atoms with E-state index in [4.69, 9.17) is 5.21 Å². The number of carbonyl (C=O) groups excluding carboxylic acids is 1. The molecule has 3 nitrogen and oxygen atoms in total. The Hall–Kier alpha value is -1.56. The number of hydroxylamine groups is 2. The van der Waals surface area contributed by atoms with Crippen LogP contribution >= 0.6 is 0 Å². The van der Waals surface area contributed by atoms with Gasteiger partial charge in [0.25, 0.3) is 0 Å². The normalized spacial score (nSPS) is 11.3. The van der Waals surface area contributed by atoms with Gasteiger partial charge in [-0.3, -0.25) is 10.0 Å². The largest absolute Gasteiger partial charge is 0.416 e. The van der Waals surface area contributed by atoms with Crippen molar-refractivity contribution in [1.29, 1.82) is 0 Å². The molecule has 1 aromatic rings. The van der Waals surface area contributed by atoms with E-state index >= 15 is 0 Å². The second-order valence-electron chi connectivity index (χ2n) is 3.29. The van der Waals surface area contributed by atoms with Gasteiger partial charge in [0.05, 0.1) is 12.0 Å². The van der Waals surface area contributed by atoms with Gasteiger partial charge < -0.3 is 0 Å². The van der Waals surface area contributed by atoms with Gasteiger partial charge in [-0.2, -0.15) is 13.2 Å². The molecule has 16 heavy (non-hydrogen) atoms. The van der Waals surface area contributed by atoms with Crippen molar-refractivity contribution in [1.82, 2.24) is 5.06 Å². The fourth-order valence-corrected chi connectivity index (χ4v) is 1.15. The van der Waals surface area contributed by atoms with Crippen LogP contribution in [0, 0.1) is 0 Å². The third-order valence-corrected chi connectivity index (χ3v) is 1.97. The Morgan fingerprint density at radius 2 is 2.06 bits per heavy atom. The highest BCUT2D eigenvalue weighted by Crippen LogP contribution is 2.29. The van der Waals surface area contributed by atoms with Crippen LogP contribution in [0.1, 0.15) is 11.1 Å². The molecular weight excluding hydrogens is 223 g/mol. The molecule has 0 aromatic heterocycles. The van der Waals surface area contributed by atoms with Gasteiger partial charge >= 0.3 is 6.18 Å². The first-order valence-electron chi connectivity index (χ1n) is 4.42. The first kappa shape index (κ1) is 12.5. The monoisotopic (exact) mass is 233 g/mol. The number of hydrogen-bond donors (Lipinski definition) is 1. The summed E-state index contributed by atoms with van der Waals surface area (Å²) < 4.78 is 37.0. The zero-order valence-electron chi connectivity index (χ0n) is 8.45. The molecule has 0 fully saturated rings. The van der Waals surface area contributed by atoms with E-state index in [2.05, 4.69) is 0 Å². The molecule has 0 aliphatic carbocycles. The molecule has 0 radical (unpaired) electrons. The molecule has 0 saturated heterocycles. The lowest BCUT2D eigenvalue weighted by Crippen LogP contribution is -2.24. The number of hydrogen-bond acceptors (Lipinski definition) is 2. The summed E-state index contributed by atoms with van der Waals surface area (Å²) in [5.74, 6) is -0.667. The maximum atomic E-state index is 12.3. The standard InChI is InChI=1S/C10H10F3NO2/c1-14(16)9(15)6-7-3-2-4-8(5-7)10(11,12)13/h2-5,16H,6H2,1H3. The van der Waals surface area contributed by atoms with Crippen molar-refractivity contribution < 1.29 is 23.2 Å². The molecule has 0 atom stereocenters. The van der Waals surface area contributed by atoms with Gasteiger partial charge in [0.2, 0.25) is 5.91 Å². The minimum atomic E-state index is -4.43. The van der Waals surface area contributed by atoms with E-state index in [-0.39, 0.29) is 12.0 Å². The predicted octanol–water partition coefficient (Wildman–Crippen LogP) is 2.10. The van der Waals surface area contributed by atoms with Gasteiger partial charge in [-0.15, -0.1) is 0 Å². The number of likely N-dealkylation sites (N-methyl/N-ethyl adjacent to an activating group) is 1. The van der Waals surface area contributed by atoms with Crippen molar-refractivity contribution >= 4 is 5.91 Å². The Morgan fingerprint density at radius 1 is 1.44 bits per heavy atom. The molecule has 1 N–H and O–H groups in total. The fraction of sp³-hybridized carbons (Fsp3) is 0.300. The smallest absolute Gasteiger partial charge is 0.286 e. The Kier molecular flexibility index (Phi) is 3.54. The molecule has 0 bridgehead atoms. The minimum Gasteiger partial charge on any atom is -0.286 e. The average molecular weight is 233 g/mol. The van der Waals surface area contributed by atoms with Crippen molar-refractivity contribution in [3.63, 3.8) is 0 Å². The van der Waals surface area contributed by atoms with Crippen LogP contribution in [0.3, 0.4) is 0 Å². The summed E-state index contributed by atoms with van der Waals surface area (Å²) in [7, 11) is 1.12. The second-order valence-corrected chi connectivity index (χ2v) is 3.29. The maximum Gasteiger partial charge on any atom is 0.416 e. The SMILES string of the molecule is CN(O)C(=O)Cc1cccc(C(F)(F)F)c1. The molecule has 0 saturated carbocycles. The third-order valence-electron chi connectivity index (χ3n) is 1.97. The molecule has 1 amide bonds. The van der Waals surface area contributed by atoms with Crippen LogP contribution < -0.4 is 0 Å². The zero-order valence-corrected chi connectivity index (χ0v) is 8.45. The highest BCUT2D eigenvalue weighted by molar-refractivity contribution is 5.77. The lowest BCUT2D eigenvalue weighted by molar-refractivity contribution is -0.158. The molecular formula is C10H10F3NO2.